The molecule has 0 spiro atoms. The molecule has 1 saturated heterocycles. The zero-order chi connectivity index (χ0) is 19.8. The van der Waals surface area contributed by atoms with E-state index in [1.807, 2.05) is 0 Å². The van der Waals surface area contributed by atoms with Crippen molar-refractivity contribution in [2.75, 3.05) is 20.1 Å². The van der Waals surface area contributed by atoms with Gasteiger partial charge in [0.15, 0.2) is 0 Å². The van der Waals surface area contributed by atoms with Crippen molar-refractivity contribution in [2.45, 2.75) is 38.5 Å². The van der Waals surface area contributed by atoms with Gasteiger partial charge in [0.05, 0.1) is 18.5 Å². The molecule has 3 rings (SSSR count). The zero-order valence-electron chi connectivity index (χ0n) is 16.6. The van der Waals surface area contributed by atoms with Crippen molar-refractivity contribution in [3.63, 3.8) is 0 Å². The van der Waals surface area contributed by atoms with E-state index < -0.39 is 0 Å². The molecule has 0 bridgehead atoms. The number of benzene rings is 1. The van der Waals surface area contributed by atoms with Crippen LogP contribution in [0.15, 0.2) is 49.3 Å². The smallest absolute Gasteiger partial charge is 0.0918 e. The number of aromatic amines is 1. The van der Waals surface area contributed by atoms with Crippen molar-refractivity contribution >= 4 is 10.9 Å². The molecule has 1 aromatic carbocycles. The van der Waals surface area contributed by atoms with Gasteiger partial charge in [-0.25, -0.2) is 0 Å². The van der Waals surface area contributed by atoms with Gasteiger partial charge in [-0.3, -0.25) is 0 Å². The van der Waals surface area contributed by atoms with Crippen LogP contribution in [0.25, 0.3) is 10.9 Å². The van der Waals surface area contributed by atoms with Crippen LogP contribution in [-0.2, 0) is 6.54 Å². The molecule has 1 fully saturated rings. The third kappa shape index (κ3) is 7.09. The van der Waals surface area contributed by atoms with Gasteiger partial charge in [-0.05, 0) is 56.9 Å². The Morgan fingerprint density at radius 3 is 2.81 bits per heavy atom. The van der Waals surface area contributed by atoms with Crippen LogP contribution in [0.4, 0.5) is 0 Å². The average molecular weight is 371 g/mol. The predicted molar refractivity (Wildman–Crippen MR) is 115 cm³/mol. The number of hydrogen-bond acceptors (Lipinski definition) is 5. The fourth-order valence-electron chi connectivity index (χ4n) is 3.19. The largest absolute Gasteiger partial charge is 0.368 e. The van der Waals surface area contributed by atoms with Crippen molar-refractivity contribution in [1.82, 2.24) is 20.5 Å². The summed E-state index contributed by atoms with van der Waals surface area (Å²) in [7, 11) is 2.18. The van der Waals surface area contributed by atoms with E-state index in [4.69, 9.17) is 11.5 Å². The number of piperidine rings is 1. The van der Waals surface area contributed by atoms with Crippen LogP contribution in [0.5, 0.6) is 0 Å². The number of nitrogens with two attached hydrogens (primary N) is 2. The van der Waals surface area contributed by atoms with Gasteiger partial charge in [0.1, 0.15) is 0 Å². The van der Waals surface area contributed by atoms with Crippen LogP contribution in [0.1, 0.15) is 24.1 Å². The monoisotopic (exact) mass is 370 g/mol. The van der Waals surface area contributed by atoms with Crippen molar-refractivity contribution in [1.29, 1.82) is 0 Å². The van der Waals surface area contributed by atoms with Gasteiger partial charge >= 0.3 is 0 Å². The first-order valence-corrected chi connectivity index (χ1v) is 9.47. The Labute approximate surface area is 162 Å². The van der Waals surface area contributed by atoms with E-state index in [0.717, 1.165) is 18.9 Å². The minimum atomic E-state index is -0.352. The summed E-state index contributed by atoms with van der Waals surface area (Å²) in [5.74, 6) is 0.912. The number of likely N-dealkylation sites (N-methyl/N-ethyl adjacent to an activating group) is 1. The molecule has 27 heavy (non-hydrogen) atoms. The zero-order valence-corrected chi connectivity index (χ0v) is 16.6. The van der Waals surface area contributed by atoms with Crippen LogP contribution in [0.3, 0.4) is 0 Å². The molecule has 1 unspecified atom stereocenters. The molecule has 6 heteroatoms. The van der Waals surface area contributed by atoms with Crippen LogP contribution in [-0.4, -0.2) is 42.2 Å². The van der Waals surface area contributed by atoms with Crippen LogP contribution >= 0.6 is 0 Å². The lowest BCUT2D eigenvalue weighted by molar-refractivity contribution is 0.233. The number of nitrogens with one attached hydrogen (secondary N) is 3. The molecule has 148 valence electrons. The summed E-state index contributed by atoms with van der Waals surface area (Å²) in [5.41, 5.74) is 13.6. The first-order chi connectivity index (χ1) is 12.9. The van der Waals surface area contributed by atoms with Gasteiger partial charge in [-0.1, -0.05) is 24.3 Å². The third-order valence-corrected chi connectivity index (χ3v) is 4.60. The van der Waals surface area contributed by atoms with Crippen molar-refractivity contribution in [2.24, 2.45) is 11.5 Å². The second-order valence-corrected chi connectivity index (χ2v) is 7.28. The fourth-order valence-corrected chi connectivity index (χ4v) is 3.19. The van der Waals surface area contributed by atoms with Gasteiger partial charge in [0.25, 0.3) is 0 Å². The molecule has 0 saturated carbocycles. The Bertz CT molecular complexity index is 748. The van der Waals surface area contributed by atoms with Gasteiger partial charge in [0, 0.05) is 23.8 Å². The lowest BCUT2D eigenvalue weighted by Crippen LogP contribution is -2.45. The van der Waals surface area contributed by atoms with E-state index in [9.17, 15) is 0 Å². The van der Waals surface area contributed by atoms with E-state index in [0.29, 0.717) is 6.04 Å². The summed E-state index contributed by atoms with van der Waals surface area (Å²) < 4.78 is 0. The first-order valence-electron chi connectivity index (χ1n) is 9.47. The van der Waals surface area contributed by atoms with Gasteiger partial charge < -0.3 is 32.0 Å². The molecule has 1 atom stereocenters. The number of aryl methyl sites for hydroxylation is 1. The van der Waals surface area contributed by atoms with E-state index >= 15 is 0 Å². The molecule has 1 aliphatic heterocycles. The highest BCUT2D eigenvalue weighted by Gasteiger charge is 2.16. The van der Waals surface area contributed by atoms with Crippen molar-refractivity contribution in [3.05, 3.63) is 60.6 Å². The number of rotatable bonds is 6. The summed E-state index contributed by atoms with van der Waals surface area (Å²) >= 11 is 0. The number of H-pyrrole nitrogens is 1. The van der Waals surface area contributed by atoms with Crippen molar-refractivity contribution < 1.29 is 0 Å². The highest BCUT2D eigenvalue weighted by atomic mass is 15.2. The Balaban J connectivity index is 0.000000465. The second-order valence-electron chi connectivity index (χ2n) is 7.28. The molecule has 2 heterocycles. The summed E-state index contributed by atoms with van der Waals surface area (Å²) in [6.45, 7) is 12.6. The first kappa shape index (κ1) is 21.0. The lowest BCUT2D eigenvalue weighted by atomic mass is 10.1. The number of aromatic nitrogens is 1. The van der Waals surface area contributed by atoms with E-state index in [2.05, 4.69) is 71.9 Å². The predicted octanol–water partition coefficient (Wildman–Crippen LogP) is 2.14. The number of hydrogen-bond donors (Lipinski definition) is 5. The van der Waals surface area contributed by atoms with Crippen LogP contribution in [0.2, 0.25) is 0 Å². The Hall–Kier alpha value is -2.28. The van der Waals surface area contributed by atoms with E-state index in [-0.39, 0.29) is 6.17 Å². The number of likely N-dealkylation sites (tertiary alicyclic amines) is 1. The number of nitrogens with zero attached hydrogens (tertiary/aromatic N) is 1. The average Bonchev–Trinajstić information content (AvgIpc) is 3.02. The third-order valence-electron chi connectivity index (χ3n) is 4.60. The summed E-state index contributed by atoms with van der Waals surface area (Å²) in [5, 5.41) is 8.15. The van der Waals surface area contributed by atoms with Crippen LogP contribution in [0, 0.1) is 6.92 Å². The normalized spacial score (nSPS) is 17.3. The molecule has 1 aliphatic rings. The molecule has 6 nitrogen and oxygen atoms in total. The van der Waals surface area contributed by atoms with Crippen LogP contribution < -0.4 is 22.1 Å². The van der Waals surface area contributed by atoms with Gasteiger partial charge in [0.2, 0.25) is 0 Å². The lowest BCUT2D eigenvalue weighted by Gasteiger charge is -2.31. The minimum Gasteiger partial charge on any atom is -0.368 e. The molecule has 1 aromatic heterocycles. The number of fused-ring (bicyclic) bond motifs is 1. The topological polar surface area (TPSA) is 95.1 Å². The highest BCUT2D eigenvalue weighted by molar-refractivity contribution is 5.81. The van der Waals surface area contributed by atoms with Gasteiger partial charge in [-0.15, -0.1) is 6.58 Å². The van der Waals surface area contributed by atoms with E-state index in [1.165, 1.54) is 47.6 Å². The molecular formula is C21H34N6. The molecule has 7 N–H and O–H groups in total. The maximum Gasteiger partial charge on any atom is 0.0918 e. The van der Waals surface area contributed by atoms with E-state index in [1.54, 1.807) is 0 Å². The summed E-state index contributed by atoms with van der Waals surface area (Å²) in [6.07, 6.45) is 3.59. The fraction of sp³-hybridized carbons (Fsp3) is 0.429. The maximum atomic E-state index is 4.95. The maximum absolute atomic E-state index is 4.95. The Morgan fingerprint density at radius 1 is 1.41 bits per heavy atom. The molecule has 2 aromatic rings. The standard InChI is InChI=1S/C18H26N4.C3H8N2/c1-13-6-7-18-15(9-13)10-17(21-18)11-19-14(2)20-16-5-4-8-22(3)12-16;1-2-3(4)5/h6-7,9-10,16,19-21H,2,4-5,8,11-12H2,1,3H3;2-3H,1,4-5H2. The van der Waals surface area contributed by atoms with Gasteiger partial charge in [-0.2, -0.15) is 0 Å². The molecule has 0 aliphatic carbocycles. The summed E-state index contributed by atoms with van der Waals surface area (Å²) in [4.78, 5) is 5.82. The molecule has 0 amide bonds. The highest BCUT2D eigenvalue weighted by Crippen LogP contribution is 2.17. The summed E-state index contributed by atoms with van der Waals surface area (Å²) in [6, 6.07) is 9.19. The second kappa shape index (κ2) is 10.2. The Morgan fingerprint density at radius 2 is 2.15 bits per heavy atom. The SMILES string of the molecule is C=C(NCc1cc2cc(C)ccc2[nH]1)NC1CCCN(C)C1.C=CC(N)N. The molecule has 0 radical (unpaired) electrons. The molecular weight excluding hydrogens is 336 g/mol. The van der Waals surface area contributed by atoms with Crippen molar-refractivity contribution in [3.8, 4) is 0 Å². The quantitative estimate of drug-likeness (QED) is 0.397. The minimum absolute atomic E-state index is 0.352. The Kier molecular flexibility index (Phi) is 7.91.